The maximum atomic E-state index is 12.9. The van der Waals surface area contributed by atoms with Gasteiger partial charge in [0.05, 0.1) is 16.1 Å². The van der Waals surface area contributed by atoms with Crippen molar-refractivity contribution in [3.05, 3.63) is 41.0 Å². The first-order chi connectivity index (χ1) is 11.7. The van der Waals surface area contributed by atoms with Crippen molar-refractivity contribution in [3.63, 3.8) is 0 Å². The highest BCUT2D eigenvalue weighted by atomic mass is 35.5. The Kier molecular flexibility index (Phi) is 4.42. The zero-order valence-electron chi connectivity index (χ0n) is 13.7. The van der Waals surface area contributed by atoms with Gasteiger partial charge in [0, 0.05) is 30.7 Å². The van der Waals surface area contributed by atoms with Crippen molar-refractivity contribution in [2.45, 2.75) is 31.7 Å². The third kappa shape index (κ3) is 3.26. The summed E-state index contributed by atoms with van der Waals surface area (Å²) in [4.78, 5) is 19.3. The van der Waals surface area contributed by atoms with Crippen molar-refractivity contribution in [1.29, 1.82) is 0 Å². The smallest absolute Gasteiger partial charge is 0.256 e. The summed E-state index contributed by atoms with van der Waals surface area (Å²) in [6, 6.07) is 7.91. The zero-order valence-corrected chi connectivity index (χ0v) is 14.4. The minimum atomic E-state index is 0.0657. The summed E-state index contributed by atoms with van der Waals surface area (Å²) in [5.74, 6) is 0.965. The van der Waals surface area contributed by atoms with Gasteiger partial charge in [0.15, 0.2) is 0 Å². The molecule has 1 aliphatic carbocycles. The summed E-state index contributed by atoms with van der Waals surface area (Å²) in [5, 5.41) is 5.13. The summed E-state index contributed by atoms with van der Waals surface area (Å²) < 4.78 is 0. The molecule has 4 nitrogen and oxygen atoms in total. The number of pyridine rings is 1. The zero-order chi connectivity index (χ0) is 16.5. The van der Waals surface area contributed by atoms with Gasteiger partial charge >= 0.3 is 0 Å². The highest BCUT2D eigenvalue weighted by molar-refractivity contribution is 6.36. The summed E-state index contributed by atoms with van der Waals surface area (Å²) in [6.45, 7) is 2.75. The summed E-state index contributed by atoms with van der Waals surface area (Å²) in [5.41, 5.74) is 1.35. The number of piperidine rings is 1. The number of halogens is 1. The SMILES string of the molecule is O=C(c1ccc(Cl)c2cccnc12)N1CCC(NCC2CC2)CC1. The molecule has 1 aliphatic heterocycles. The van der Waals surface area contributed by atoms with Gasteiger partial charge in [-0.15, -0.1) is 0 Å². The fourth-order valence-electron chi connectivity index (χ4n) is 3.42. The van der Waals surface area contributed by atoms with Crippen LogP contribution in [0.2, 0.25) is 5.02 Å². The molecule has 1 aromatic carbocycles. The van der Waals surface area contributed by atoms with Crippen molar-refractivity contribution in [1.82, 2.24) is 15.2 Å². The molecule has 24 heavy (non-hydrogen) atoms. The third-order valence-electron chi connectivity index (χ3n) is 5.12. The second kappa shape index (κ2) is 6.69. The van der Waals surface area contributed by atoms with Gasteiger partial charge in [0.1, 0.15) is 0 Å². The summed E-state index contributed by atoms with van der Waals surface area (Å²) in [7, 11) is 0. The van der Waals surface area contributed by atoms with Crippen molar-refractivity contribution in [3.8, 4) is 0 Å². The molecular formula is C19H22ClN3O. The lowest BCUT2D eigenvalue weighted by Gasteiger charge is -2.32. The Balaban J connectivity index is 1.45. The van der Waals surface area contributed by atoms with E-state index >= 15 is 0 Å². The highest BCUT2D eigenvalue weighted by Gasteiger charge is 2.27. The van der Waals surface area contributed by atoms with Crippen LogP contribution in [0.3, 0.4) is 0 Å². The lowest BCUT2D eigenvalue weighted by Crippen LogP contribution is -2.45. The number of amides is 1. The van der Waals surface area contributed by atoms with Crippen LogP contribution in [0.5, 0.6) is 0 Å². The molecule has 2 fully saturated rings. The molecule has 126 valence electrons. The average Bonchev–Trinajstić information content (AvgIpc) is 3.45. The minimum Gasteiger partial charge on any atom is -0.338 e. The monoisotopic (exact) mass is 343 g/mol. The fourth-order valence-corrected chi connectivity index (χ4v) is 3.64. The molecule has 1 saturated carbocycles. The van der Waals surface area contributed by atoms with Crippen LogP contribution in [0, 0.1) is 5.92 Å². The van der Waals surface area contributed by atoms with Crippen molar-refractivity contribution in [2.24, 2.45) is 5.92 Å². The van der Waals surface area contributed by atoms with E-state index in [0.29, 0.717) is 22.1 Å². The largest absolute Gasteiger partial charge is 0.338 e. The van der Waals surface area contributed by atoms with E-state index in [1.807, 2.05) is 17.0 Å². The van der Waals surface area contributed by atoms with E-state index in [9.17, 15) is 4.79 Å². The highest BCUT2D eigenvalue weighted by Crippen LogP contribution is 2.29. The quantitative estimate of drug-likeness (QED) is 0.924. The second-order valence-electron chi connectivity index (χ2n) is 6.91. The van der Waals surface area contributed by atoms with Gasteiger partial charge in [-0.1, -0.05) is 11.6 Å². The lowest BCUT2D eigenvalue weighted by molar-refractivity contribution is 0.0707. The van der Waals surface area contributed by atoms with E-state index in [4.69, 9.17) is 11.6 Å². The summed E-state index contributed by atoms with van der Waals surface area (Å²) >= 11 is 6.23. The molecule has 1 saturated heterocycles. The van der Waals surface area contributed by atoms with Gasteiger partial charge in [-0.25, -0.2) is 0 Å². The molecule has 0 unspecified atom stereocenters. The number of hydrogen-bond acceptors (Lipinski definition) is 3. The lowest BCUT2D eigenvalue weighted by atomic mass is 10.0. The van der Waals surface area contributed by atoms with E-state index < -0.39 is 0 Å². The number of rotatable bonds is 4. The predicted molar refractivity (Wildman–Crippen MR) is 96.4 cm³/mol. The Labute approximate surface area is 147 Å². The molecule has 0 bridgehead atoms. The Morgan fingerprint density at radius 3 is 2.75 bits per heavy atom. The Morgan fingerprint density at radius 2 is 2.00 bits per heavy atom. The maximum Gasteiger partial charge on any atom is 0.256 e. The molecule has 1 aromatic heterocycles. The van der Waals surface area contributed by atoms with Crippen molar-refractivity contribution < 1.29 is 4.79 Å². The summed E-state index contributed by atoms with van der Waals surface area (Å²) in [6.07, 6.45) is 6.51. The molecule has 0 atom stereocenters. The first kappa shape index (κ1) is 15.9. The van der Waals surface area contributed by atoms with E-state index in [1.54, 1.807) is 18.3 Å². The number of likely N-dealkylation sites (tertiary alicyclic amines) is 1. The molecule has 4 rings (SSSR count). The number of nitrogens with zero attached hydrogens (tertiary/aromatic N) is 2. The van der Waals surface area contributed by atoms with Crippen molar-refractivity contribution in [2.75, 3.05) is 19.6 Å². The topological polar surface area (TPSA) is 45.2 Å². The molecule has 1 amide bonds. The number of carbonyl (C=O) groups is 1. The number of hydrogen-bond donors (Lipinski definition) is 1. The molecular weight excluding hydrogens is 322 g/mol. The van der Waals surface area contributed by atoms with E-state index in [2.05, 4.69) is 10.3 Å². The van der Waals surface area contributed by atoms with Crippen molar-refractivity contribution >= 4 is 28.4 Å². The first-order valence-corrected chi connectivity index (χ1v) is 9.16. The molecule has 1 N–H and O–H groups in total. The number of aromatic nitrogens is 1. The molecule has 2 aliphatic rings. The van der Waals surface area contributed by atoms with Crippen LogP contribution in [-0.4, -0.2) is 41.5 Å². The number of nitrogens with one attached hydrogen (secondary N) is 1. The average molecular weight is 344 g/mol. The number of fused-ring (bicyclic) bond motifs is 1. The predicted octanol–water partition coefficient (Wildman–Crippen LogP) is 3.49. The van der Waals surface area contributed by atoms with Crippen LogP contribution in [-0.2, 0) is 0 Å². The minimum absolute atomic E-state index is 0.0657. The van der Waals surface area contributed by atoms with Gasteiger partial charge in [0.25, 0.3) is 5.91 Å². The Hall–Kier alpha value is -1.65. The third-order valence-corrected chi connectivity index (χ3v) is 5.45. The first-order valence-electron chi connectivity index (χ1n) is 8.78. The normalized spacial score (nSPS) is 19.0. The second-order valence-corrected chi connectivity index (χ2v) is 7.32. The van der Waals surface area contributed by atoms with Crippen LogP contribution >= 0.6 is 11.6 Å². The van der Waals surface area contributed by atoms with Gasteiger partial charge in [-0.3, -0.25) is 9.78 Å². The maximum absolute atomic E-state index is 12.9. The van der Waals surface area contributed by atoms with Crippen LogP contribution in [0.15, 0.2) is 30.5 Å². The van der Waals surface area contributed by atoms with Crippen LogP contribution in [0.1, 0.15) is 36.0 Å². The standard InChI is InChI=1S/C19H22ClN3O/c20-17-6-5-16(18-15(17)2-1-9-21-18)19(24)23-10-7-14(8-11-23)22-12-13-3-4-13/h1-2,5-6,9,13-14,22H,3-4,7-8,10-12H2. The molecule has 0 radical (unpaired) electrons. The van der Waals surface area contributed by atoms with Crippen LogP contribution < -0.4 is 5.32 Å². The number of benzene rings is 1. The Bertz CT molecular complexity index is 751. The number of carbonyl (C=O) groups excluding carboxylic acids is 1. The van der Waals surface area contributed by atoms with Crippen LogP contribution in [0.4, 0.5) is 0 Å². The molecule has 2 heterocycles. The van der Waals surface area contributed by atoms with E-state index in [-0.39, 0.29) is 5.91 Å². The fraction of sp³-hybridized carbons (Fsp3) is 0.474. The van der Waals surface area contributed by atoms with Gasteiger partial charge < -0.3 is 10.2 Å². The van der Waals surface area contributed by atoms with E-state index in [1.165, 1.54) is 12.8 Å². The van der Waals surface area contributed by atoms with Gasteiger partial charge in [0.2, 0.25) is 0 Å². The van der Waals surface area contributed by atoms with Gasteiger partial charge in [-0.05, 0) is 62.4 Å². The molecule has 0 spiro atoms. The molecule has 5 heteroatoms. The van der Waals surface area contributed by atoms with Crippen LogP contribution in [0.25, 0.3) is 10.9 Å². The van der Waals surface area contributed by atoms with Gasteiger partial charge in [-0.2, -0.15) is 0 Å². The Morgan fingerprint density at radius 1 is 1.21 bits per heavy atom. The van der Waals surface area contributed by atoms with E-state index in [0.717, 1.165) is 43.8 Å². The molecule has 2 aromatic rings.